The monoisotopic (exact) mass is 250 g/mol. The minimum Gasteiger partial charge on any atom is -0.315 e. The predicted octanol–water partition coefficient (Wildman–Crippen LogP) is 1.69. The normalized spacial score (nSPS) is 17.4. The van der Waals surface area contributed by atoms with Crippen LogP contribution in [-0.2, 0) is 0 Å². The van der Waals surface area contributed by atoms with E-state index in [9.17, 15) is 9.18 Å². The molecule has 4 heteroatoms. The molecule has 0 aliphatic carbocycles. The Morgan fingerprint density at radius 3 is 2.78 bits per heavy atom. The molecule has 1 N–H and O–H groups in total. The summed E-state index contributed by atoms with van der Waals surface area (Å²) in [4.78, 5) is 14.2. The van der Waals surface area contributed by atoms with E-state index in [2.05, 4.69) is 10.2 Å². The number of carbonyl (C=O) groups is 1. The quantitative estimate of drug-likeness (QED) is 0.825. The van der Waals surface area contributed by atoms with Crippen molar-refractivity contribution >= 4 is 5.78 Å². The molecule has 98 valence electrons. The van der Waals surface area contributed by atoms with Crippen molar-refractivity contribution in [3.05, 3.63) is 35.6 Å². The molecule has 0 bridgehead atoms. The summed E-state index contributed by atoms with van der Waals surface area (Å²) < 4.78 is 12.7. The summed E-state index contributed by atoms with van der Waals surface area (Å²) in [5, 5.41) is 3.33. The zero-order valence-corrected chi connectivity index (χ0v) is 10.5. The van der Waals surface area contributed by atoms with Crippen molar-refractivity contribution in [1.29, 1.82) is 0 Å². The highest BCUT2D eigenvalue weighted by Crippen LogP contribution is 2.07. The fraction of sp³-hybridized carbons (Fsp3) is 0.500. The average molecular weight is 250 g/mol. The number of Topliss-reactive ketones (excluding diaryl/α,β-unsaturated/α-hetero) is 1. The van der Waals surface area contributed by atoms with Crippen molar-refractivity contribution in [2.45, 2.75) is 12.8 Å². The van der Waals surface area contributed by atoms with Crippen molar-refractivity contribution in [3.63, 3.8) is 0 Å². The van der Waals surface area contributed by atoms with Gasteiger partial charge in [-0.15, -0.1) is 0 Å². The molecular weight excluding hydrogens is 231 g/mol. The van der Waals surface area contributed by atoms with Crippen LogP contribution in [0.25, 0.3) is 0 Å². The number of nitrogens with one attached hydrogen (secondary N) is 1. The smallest absolute Gasteiger partial charge is 0.164 e. The van der Waals surface area contributed by atoms with E-state index in [0.717, 1.165) is 39.1 Å². The maximum absolute atomic E-state index is 12.7. The van der Waals surface area contributed by atoms with Gasteiger partial charge in [-0.05, 0) is 43.8 Å². The van der Waals surface area contributed by atoms with Crippen LogP contribution in [0.1, 0.15) is 23.2 Å². The fourth-order valence-electron chi connectivity index (χ4n) is 2.17. The van der Waals surface area contributed by atoms with Gasteiger partial charge < -0.3 is 10.2 Å². The Bertz CT molecular complexity index is 383. The lowest BCUT2D eigenvalue weighted by molar-refractivity contribution is 0.0965. The molecule has 18 heavy (non-hydrogen) atoms. The van der Waals surface area contributed by atoms with Gasteiger partial charge in [0.2, 0.25) is 0 Å². The molecule has 1 aliphatic rings. The van der Waals surface area contributed by atoms with Crippen LogP contribution in [0.5, 0.6) is 0 Å². The Kier molecular flexibility index (Phi) is 4.84. The second-order valence-electron chi connectivity index (χ2n) is 4.63. The van der Waals surface area contributed by atoms with Crippen LogP contribution in [0.15, 0.2) is 24.3 Å². The topological polar surface area (TPSA) is 32.3 Å². The maximum Gasteiger partial charge on any atom is 0.164 e. The second kappa shape index (κ2) is 6.61. The molecule has 1 aliphatic heterocycles. The first-order valence-electron chi connectivity index (χ1n) is 6.47. The van der Waals surface area contributed by atoms with Crippen LogP contribution in [0.3, 0.4) is 0 Å². The van der Waals surface area contributed by atoms with Crippen LogP contribution in [0.4, 0.5) is 4.39 Å². The molecule has 0 spiro atoms. The third-order valence-corrected chi connectivity index (χ3v) is 3.25. The molecule has 1 aromatic carbocycles. The molecule has 2 rings (SSSR count). The molecule has 0 radical (unpaired) electrons. The van der Waals surface area contributed by atoms with E-state index in [0.29, 0.717) is 12.0 Å². The molecular formula is C14H19FN2O. The Labute approximate surface area is 107 Å². The first-order chi connectivity index (χ1) is 8.75. The highest BCUT2D eigenvalue weighted by molar-refractivity contribution is 5.96. The lowest BCUT2D eigenvalue weighted by Crippen LogP contribution is -2.30. The molecule has 0 atom stereocenters. The van der Waals surface area contributed by atoms with Crippen LogP contribution in [0, 0.1) is 5.82 Å². The van der Waals surface area contributed by atoms with E-state index in [1.807, 2.05) is 0 Å². The van der Waals surface area contributed by atoms with E-state index in [1.165, 1.54) is 12.1 Å². The molecule has 0 saturated carbocycles. The highest BCUT2D eigenvalue weighted by Gasteiger charge is 2.11. The third-order valence-electron chi connectivity index (χ3n) is 3.25. The number of hydrogen-bond donors (Lipinski definition) is 1. The molecule has 0 amide bonds. The summed E-state index contributed by atoms with van der Waals surface area (Å²) in [5.74, 6) is -0.211. The number of carbonyl (C=O) groups excluding carboxylic acids is 1. The first-order valence-corrected chi connectivity index (χ1v) is 6.47. The van der Waals surface area contributed by atoms with E-state index < -0.39 is 0 Å². The SMILES string of the molecule is O=C(CCN1CCCNCC1)c1ccc(F)cc1. The highest BCUT2D eigenvalue weighted by atomic mass is 19.1. The largest absolute Gasteiger partial charge is 0.315 e. The van der Waals surface area contributed by atoms with Gasteiger partial charge >= 0.3 is 0 Å². The van der Waals surface area contributed by atoms with E-state index in [1.54, 1.807) is 12.1 Å². The zero-order valence-electron chi connectivity index (χ0n) is 10.5. The molecule has 1 heterocycles. The number of halogens is 1. The van der Waals surface area contributed by atoms with Gasteiger partial charge in [-0.25, -0.2) is 4.39 Å². The van der Waals surface area contributed by atoms with Crippen LogP contribution < -0.4 is 5.32 Å². The van der Waals surface area contributed by atoms with Gasteiger partial charge in [0.1, 0.15) is 5.82 Å². The first kappa shape index (κ1) is 13.2. The molecule has 1 fully saturated rings. The molecule has 0 unspecified atom stereocenters. The van der Waals surface area contributed by atoms with Crippen molar-refractivity contribution < 1.29 is 9.18 Å². The Hall–Kier alpha value is -1.26. The zero-order chi connectivity index (χ0) is 12.8. The van der Waals surface area contributed by atoms with Crippen LogP contribution >= 0.6 is 0 Å². The van der Waals surface area contributed by atoms with Gasteiger partial charge in [0.25, 0.3) is 0 Å². The minimum atomic E-state index is -0.301. The van der Waals surface area contributed by atoms with Crippen molar-refractivity contribution in [2.24, 2.45) is 0 Å². The number of nitrogens with zero attached hydrogens (tertiary/aromatic N) is 1. The van der Waals surface area contributed by atoms with E-state index in [4.69, 9.17) is 0 Å². The lowest BCUT2D eigenvalue weighted by Gasteiger charge is -2.18. The van der Waals surface area contributed by atoms with Crippen molar-refractivity contribution in [3.8, 4) is 0 Å². The Morgan fingerprint density at radius 1 is 1.22 bits per heavy atom. The van der Waals surface area contributed by atoms with Crippen molar-refractivity contribution in [2.75, 3.05) is 32.7 Å². The summed E-state index contributed by atoms with van der Waals surface area (Å²) in [6, 6.07) is 5.79. The molecule has 0 aromatic heterocycles. The molecule has 3 nitrogen and oxygen atoms in total. The van der Waals surface area contributed by atoms with Crippen molar-refractivity contribution in [1.82, 2.24) is 10.2 Å². The van der Waals surface area contributed by atoms with Gasteiger partial charge in [-0.3, -0.25) is 4.79 Å². The molecule has 1 aromatic rings. The van der Waals surface area contributed by atoms with Gasteiger partial charge in [0.05, 0.1) is 0 Å². The number of rotatable bonds is 4. The second-order valence-corrected chi connectivity index (χ2v) is 4.63. The van der Waals surface area contributed by atoms with Crippen LogP contribution in [0.2, 0.25) is 0 Å². The maximum atomic E-state index is 12.7. The summed E-state index contributed by atoms with van der Waals surface area (Å²) in [5.41, 5.74) is 0.601. The summed E-state index contributed by atoms with van der Waals surface area (Å²) in [6.07, 6.45) is 1.64. The van der Waals surface area contributed by atoms with E-state index in [-0.39, 0.29) is 11.6 Å². The molecule has 1 saturated heterocycles. The standard InChI is InChI=1S/C14H19FN2O/c15-13-4-2-12(3-5-13)14(18)6-10-17-9-1-7-16-8-11-17/h2-5,16H,1,6-11H2. The Balaban J connectivity index is 1.82. The summed E-state index contributed by atoms with van der Waals surface area (Å²) >= 11 is 0. The number of benzene rings is 1. The Morgan fingerprint density at radius 2 is 2.00 bits per heavy atom. The van der Waals surface area contributed by atoms with E-state index >= 15 is 0 Å². The van der Waals surface area contributed by atoms with Gasteiger partial charge in [-0.1, -0.05) is 0 Å². The van der Waals surface area contributed by atoms with Gasteiger partial charge in [-0.2, -0.15) is 0 Å². The minimum absolute atomic E-state index is 0.0900. The number of ketones is 1. The number of hydrogen-bond acceptors (Lipinski definition) is 3. The average Bonchev–Trinajstić information content (AvgIpc) is 2.65. The lowest BCUT2D eigenvalue weighted by atomic mass is 10.1. The van der Waals surface area contributed by atoms with Gasteiger partial charge in [0, 0.05) is 31.6 Å². The van der Waals surface area contributed by atoms with Crippen LogP contribution in [-0.4, -0.2) is 43.4 Å². The summed E-state index contributed by atoms with van der Waals surface area (Å²) in [7, 11) is 0. The van der Waals surface area contributed by atoms with Gasteiger partial charge in [0.15, 0.2) is 5.78 Å². The summed E-state index contributed by atoms with van der Waals surface area (Å²) in [6.45, 7) is 4.88. The predicted molar refractivity (Wildman–Crippen MR) is 69.3 cm³/mol. The third kappa shape index (κ3) is 3.89. The fourth-order valence-corrected chi connectivity index (χ4v) is 2.17.